The van der Waals surface area contributed by atoms with Crippen molar-refractivity contribution in [3.63, 3.8) is 0 Å². The maximum Gasteiger partial charge on any atom is 0.308 e. The van der Waals surface area contributed by atoms with Gasteiger partial charge in [-0.05, 0) is 55.5 Å². The average molecular weight is 649 g/mol. The first-order valence-corrected chi connectivity index (χ1v) is 15.2. The van der Waals surface area contributed by atoms with E-state index in [9.17, 15) is 45.0 Å². The normalized spacial score (nSPS) is 22.2. The number of phenolic OH excluding ortho intramolecular Hbond substituents is 1. The van der Waals surface area contributed by atoms with Crippen LogP contribution in [0.3, 0.4) is 0 Å². The molecule has 0 saturated carbocycles. The van der Waals surface area contributed by atoms with Crippen molar-refractivity contribution in [3.05, 3.63) is 87.0 Å². The van der Waals surface area contributed by atoms with Crippen LogP contribution in [0.5, 0.6) is 17.2 Å². The molecule has 1 heterocycles. The van der Waals surface area contributed by atoms with Crippen molar-refractivity contribution in [2.75, 3.05) is 6.61 Å². The highest BCUT2D eigenvalue weighted by atomic mass is 16.7. The Morgan fingerprint density at radius 1 is 0.894 bits per heavy atom. The number of ether oxygens (including phenoxy) is 3. The molecule has 0 bridgehead atoms. The molecular formula is C35H36O12. The van der Waals surface area contributed by atoms with E-state index in [2.05, 4.69) is 0 Å². The van der Waals surface area contributed by atoms with E-state index in [1.54, 1.807) is 30.3 Å². The van der Waals surface area contributed by atoms with Gasteiger partial charge in [0, 0.05) is 41.3 Å². The number of hydrogen-bond donors (Lipinski definition) is 6. The van der Waals surface area contributed by atoms with E-state index in [-0.39, 0.29) is 63.5 Å². The number of hydrogen-bond acceptors (Lipinski definition) is 12. The number of carbonyl (C=O) groups excluding carboxylic acids is 3. The number of fused-ring (bicyclic) bond motifs is 2. The van der Waals surface area contributed by atoms with Crippen LogP contribution in [0.25, 0.3) is 12.2 Å². The predicted molar refractivity (Wildman–Crippen MR) is 167 cm³/mol. The molecule has 6 N–H and O–H groups in total. The summed E-state index contributed by atoms with van der Waals surface area (Å²) in [4.78, 5) is 40.7. The standard InChI is InChI=1S/C35H36O12/c1-17-29(39)33(43)34(44)35(45-17)47-25-15-23-28(30(40)22(25)10-6-7-13-36)32(42)26-20(16-37)14-24(46-18(2)38)21(27(26)31(23)41)12-11-19-8-4-3-5-9-19/h3-5,8-9,11-12,14-15,17,29,33-37,39-40,43-44H,6-7,10,13,16H2,1-2H3/b12-11+/t17-,29+,33+,34+,35+/m0/s1. The van der Waals surface area contributed by atoms with Crippen LogP contribution >= 0.6 is 0 Å². The summed E-state index contributed by atoms with van der Waals surface area (Å²) in [7, 11) is 0. The van der Waals surface area contributed by atoms with Gasteiger partial charge >= 0.3 is 5.97 Å². The van der Waals surface area contributed by atoms with Crippen LogP contribution in [0.15, 0.2) is 42.5 Å². The lowest BCUT2D eigenvalue weighted by atomic mass is 9.77. The summed E-state index contributed by atoms with van der Waals surface area (Å²) < 4.78 is 17.0. The molecule has 5 atom stereocenters. The quantitative estimate of drug-likeness (QED) is 0.0635. The molecule has 0 unspecified atom stereocenters. The SMILES string of the molecule is CC(=O)Oc1cc(CO)c2c(c1/C=C/c1ccccc1)C(=O)c1cc(O[C@H]3O[C@@H](C)[C@@H](O)[C@@H](O)[C@H]3O)c(CCCCO)c(O)c1C2=O. The van der Waals surface area contributed by atoms with Crippen LogP contribution in [0.2, 0.25) is 0 Å². The first-order chi connectivity index (χ1) is 22.5. The van der Waals surface area contributed by atoms with Gasteiger partial charge in [-0.3, -0.25) is 14.4 Å². The maximum atomic E-state index is 14.4. The van der Waals surface area contributed by atoms with Crippen LogP contribution in [-0.2, 0) is 22.6 Å². The van der Waals surface area contributed by atoms with E-state index in [1.807, 2.05) is 6.07 Å². The summed E-state index contributed by atoms with van der Waals surface area (Å²) in [6.07, 6.45) is -3.29. The number of aliphatic hydroxyl groups is 5. The van der Waals surface area contributed by atoms with E-state index in [0.29, 0.717) is 12.8 Å². The molecule has 12 nitrogen and oxygen atoms in total. The number of ketones is 2. The highest BCUT2D eigenvalue weighted by Gasteiger charge is 2.44. The fraction of sp³-hybridized carbons (Fsp3) is 0.343. The van der Waals surface area contributed by atoms with Crippen LogP contribution in [-0.4, -0.2) is 85.5 Å². The third kappa shape index (κ3) is 6.57. The van der Waals surface area contributed by atoms with Gasteiger partial charge < -0.3 is 44.8 Å². The third-order valence-corrected chi connectivity index (χ3v) is 8.25. The number of esters is 1. The summed E-state index contributed by atoms with van der Waals surface area (Å²) in [5, 5.41) is 62.3. The molecule has 1 fully saturated rings. The maximum absolute atomic E-state index is 14.4. The molecule has 0 amide bonds. The molecule has 3 aromatic rings. The van der Waals surface area contributed by atoms with Gasteiger partial charge in [0.05, 0.1) is 18.3 Å². The van der Waals surface area contributed by atoms with E-state index >= 15 is 0 Å². The summed E-state index contributed by atoms with van der Waals surface area (Å²) >= 11 is 0. The van der Waals surface area contributed by atoms with Crippen molar-refractivity contribution < 1.29 is 59.2 Å². The Kier molecular flexibility index (Phi) is 10.2. The zero-order valence-corrected chi connectivity index (χ0v) is 25.8. The minimum atomic E-state index is -1.71. The van der Waals surface area contributed by atoms with Gasteiger partial charge in [-0.1, -0.05) is 36.4 Å². The highest BCUT2D eigenvalue weighted by molar-refractivity contribution is 6.31. The molecule has 0 spiro atoms. The van der Waals surface area contributed by atoms with Crippen LogP contribution in [0.4, 0.5) is 0 Å². The van der Waals surface area contributed by atoms with E-state index < -0.39 is 60.6 Å². The number of unbranched alkanes of at least 4 members (excludes halogenated alkanes) is 1. The van der Waals surface area contributed by atoms with Crippen molar-refractivity contribution in [1.82, 2.24) is 0 Å². The summed E-state index contributed by atoms with van der Waals surface area (Å²) in [6.45, 7) is 1.79. The van der Waals surface area contributed by atoms with Gasteiger partial charge in [0.25, 0.3) is 0 Å². The van der Waals surface area contributed by atoms with Gasteiger partial charge in [-0.15, -0.1) is 0 Å². The molecular weight excluding hydrogens is 612 g/mol. The van der Waals surface area contributed by atoms with Gasteiger partial charge in [0.2, 0.25) is 6.29 Å². The fourth-order valence-corrected chi connectivity index (χ4v) is 5.85. The molecule has 12 heteroatoms. The number of carbonyl (C=O) groups is 3. The molecule has 248 valence electrons. The molecule has 0 radical (unpaired) electrons. The molecule has 2 aliphatic rings. The fourth-order valence-electron chi connectivity index (χ4n) is 5.85. The Morgan fingerprint density at radius 3 is 2.28 bits per heavy atom. The molecule has 1 aliphatic carbocycles. The number of aliphatic hydroxyl groups excluding tert-OH is 5. The second-order valence-electron chi connectivity index (χ2n) is 11.5. The number of phenols is 1. The number of aromatic hydroxyl groups is 1. The molecule has 5 rings (SSSR count). The minimum Gasteiger partial charge on any atom is -0.507 e. The Bertz CT molecular complexity index is 1710. The topological polar surface area (TPSA) is 200 Å². The average Bonchev–Trinajstić information content (AvgIpc) is 3.05. The number of benzene rings is 3. The Labute approximate surface area is 270 Å². The molecule has 1 saturated heterocycles. The first kappa shape index (κ1) is 33.9. The van der Waals surface area contributed by atoms with Gasteiger partial charge in [0.15, 0.2) is 11.6 Å². The van der Waals surface area contributed by atoms with E-state index in [0.717, 1.165) is 5.56 Å². The van der Waals surface area contributed by atoms with E-state index in [4.69, 9.17) is 14.2 Å². The van der Waals surface area contributed by atoms with Crippen LogP contribution in [0, 0.1) is 0 Å². The lowest BCUT2D eigenvalue weighted by Gasteiger charge is -2.39. The second-order valence-corrected chi connectivity index (χ2v) is 11.5. The molecule has 47 heavy (non-hydrogen) atoms. The summed E-state index contributed by atoms with van der Waals surface area (Å²) in [5.74, 6) is -3.00. The Morgan fingerprint density at radius 2 is 1.62 bits per heavy atom. The van der Waals surface area contributed by atoms with Crippen molar-refractivity contribution in [3.8, 4) is 17.2 Å². The molecule has 1 aliphatic heterocycles. The predicted octanol–water partition coefficient (Wildman–Crippen LogP) is 2.28. The van der Waals surface area contributed by atoms with Crippen LogP contribution in [0.1, 0.15) is 80.8 Å². The van der Waals surface area contributed by atoms with Crippen molar-refractivity contribution in [2.24, 2.45) is 0 Å². The van der Waals surface area contributed by atoms with Gasteiger partial charge in [0.1, 0.15) is 35.6 Å². The van der Waals surface area contributed by atoms with E-state index in [1.165, 1.54) is 32.1 Å². The van der Waals surface area contributed by atoms with Crippen molar-refractivity contribution in [1.29, 1.82) is 0 Å². The van der Waals surface area contributed by atoms with Crippen LogP contribution < -0.4 is 9.47 Å². The molecule has 0 aromatic heterocycles. The zero-order chi connectivity index (χ0) is 34.0. The summed E-state index contributed by atoms with van der Waals surface area (Å²) in [5.41, 5.74) is -0.0337. The minimum absolute atomic E-state index is 0.000992. The number of rotatable bonds is 10. The lowest BCUT2D eigenvalue weighted by molar-refractivity contribution is -0.268. The lowest BCUT2D eigenvalue weighted by Crippen LogP contribution is -2.58. The Hall–Kier alpha value is -4.43. The smallest absolute Gasteiger partial charge is 0.308 e. The van der Waals surface area contributed by atoms with Crippen molar-refractivity contribution in [2.45, 2.75) is 70.4 Å². The monoisotopic (exact) mass is 648 g/mol. The molecule has 3 aromatic carbocycles. The zero-order valence-electron chi connectivity index (χ0n) is 25.8. The summed E-state index contributed by atoms with van der Waals surface area (Å²) in [6, 6.07) is 11.6. The Balaban J connectivity index is 1.70. The third-order valence-electron chi connectivity index (χ3n) is 8.25. The second kappa shape index (κ2) is 14.1. The largest absolute Gasteiger partial charge is 0.507 e. The highest BCUT2D eigenvalue weighted by Crippen LogP contribution is 2.45. The van der Waals surface area contributed by atoms with Gasteiger partial charge in [-0.25, -0.2) is 0 Å². The van der Waals surface area contributed by atoms with Gasteiger partial charge in [-0.2, -0.15) is 0 Å². The first-order valence-electron chi connectivity index (χ1n) is 15.2. The van der Waals surface area contributed by atoms with Crippen molar-refractivity contribution >= 4 is 29.7 Å².